The molecule has 0 unspecified atom stereocenters. The lowest BCUT2D eigenvalue weighted by atomic mass is 10.6. The van der Waals surface area contributed by atoms with Crippen LogP contribution < -0.4 is 0 Å². The fourth-order valence-corrected chi connectivity index (χ4v) is 0.668. The summed E-state index contributed by atoms with van der Waals surface area (Å²) >= 11 is 3.87. The Morgan fingerprint density at radius 1 is 1.77 bits per heavy atom. The molecular formula is C8H14N2O2S. The number of hydrogen-bond donors (Lipinski definition) is 1. The molecule has 0 aliphatic carbocycles. The maximum atomic E-state index is 10.9. The first kappa shape index (κ1) is 12.0. The number of likely N-dealkylation sites (N-methyl/N-ethyl adjacent to an activating group) is 1. The van der Waals surface area contributed by atoms with E-state index in [0.29, 0.717) is 11.6 Å². The molecule has 0 heterocycles. The molecule has 0 aliphatic rings. The zero-order valence-electron chi connectivity index (χ0n) is 7.86. The van der Waals surface area contributed by atoms with Crippen LogP contribution >= 0.6 is 12.6 Å². The van der Waals surface area contributed by atoms with E-state index in [1.165, 1.54) is 6.34 Å². The first-order chi connectivity index (χ1) is 6.06. The van der Waals surface area contributed by atoms with E-state index in [4.69, 9.17) is 4.74 Å². The Bertz CT molecular complexity index is 216. The highest BCUT2D eigenvalue weighted by Gasteiger charge is 2.02. The van der Waals surface area contributed by atoms with Crippen LogP contribution in [0, 0.1) is 0 Å². The number of nitrogens with zero attached hydrogens (tertiary/aromatic N) is 2. The molecule has 0 amide bonds. The van der Waals surface area contributed by atoms with E-state index in [0.717, 1.165) is 0 Å². The fourth-order valence-electron chi connectivity index (χ4n) is 0.616. The highest BCUT2D eigenvalue weighted by atomic mass is 32.1. The molecule has 13 heavy (non-hydrogen) atoms. The van der Waals surface area contributed by atoms with Crippen molar-refractivity contribution in [3.8, 4) is 0 Å². The Morgan fingerprint density at radius 2 is 2.38 bits per heavy atom. The average molecular weight is 202 g/mol. The number of rotatable bonds is 5. The first-order valence-electron chi connectivity index (χ1n) is 3.84. The molecule has 0 rings (SSSR count). The highest BCUT2D eigenvalue weighted by Crippen LogP contribution is 1.95. The van der Waals surface area contributed by atoms with Gasteiger partial charge >= 0.3 is 5.97 Å². The summed E-state index contributed by atoms with van der Waals surface area (Å²) in [6.07, 6.45) is 1.48. The van der Waals surface area contributed by atoms with Crippen LogP contribution in [0.25, 0.3) is 0 Å². The van der Waals surface area contributed by atoms with Gasteiger partial charge in [-0.2, -0.15) is 0 Å². The zero-order chi connectivity index (χ0) is 10.3. The van der Waals surface area contributed by atoms with Crippen molar-refractivity contribution in [1.82, 2.24) is 4.90 Å². The van der Waals surface area contributed by atoms with E-state index >= 15 is 0 Å². The van der Waals surface area contributed by atoms with Gasteiger partial charge in [0, 0.05) is 7.05 Å². The summed E-state index contributed by atoms with van der Waals surface area (Å²) in [4.78, 5) is 16.3. The number of thiol groups is 1. The second-order valence-corrected chi connectivity index (χ2v) is 2.90. The van der Waals surface area contributed by atoms with E-state index in [1.807, 2.05) is 0 Å². The van der Waals surface area contributed by atoms with Crippen molar-refractivity contribution in [1.29, 1.82) is 0 Å². The number of esters is 1. The first-order valence-corrected chi connectivity index (χ1v) is 4.29. The molecule has 0 spiro atoms. The van der Waals surface area contributed by atoms with Gasteiger partial charge in [0.15, 0.2) is 0 Å². The van der Waals surface area contributed by atoms with E-state index in [-0.39, 0.29) is 12.5 Å². The van der Waals surface area contributed by atoms with Crippen LogP contribution in [0.3, 0.4) is 0 Å². The van der Waals surface area contributed by atoms with Crippen molar-refractivity contribution in [2.75, 3.05) is 20.2 Å². The molecule has 74 valence electrons. The second kappa shape index (κ2) is 6.54. The quantitative estimate of drug-likeness (QED) is 0.312. The molecule has 0 radical (unpaired) electrons. The number of hydrogen-bond acceptors (Lipinski definition) is 4. The predicted molar refractivity (Wildman–Crippen MR) is 55.9 cm³/mol. The molecule has 0 saturated heterocycles. The van der Waals surface area contributed by atoms with Gasteiger partial charge in [-0.25, -0.2) is 4.99 Å². The lowest BCUT2D eigenvalue weighted by Gasteiger charge is -2.10. The molecule has 0 aromatic carbocycles. The fraction of sp³-hybridized carbons (Fsp3) is 0.500. The van der Waals surface area contributed by atoms with Gasteiger partial charge < -0.3 is 9.64 Å². The number of aliphatic imine (C=N–C) groups is 1. The van der Waals surface area contributed by atoms with Crippen molar-refractivity contribution in [2.24, 2.45) is 4.99 Å². The third-order valence-electron chi connectivity index (χ3n) is 1.09. The van der Waals surface area contributed by atoms with Crippen molar-refractivity contribution in [2.45, 2.75) is 6.92 Å². The van der Waals surface area contributed by atoms with Crippen LogP contribution in [0.1, 0.15) is 6.92 Å². The van der Waals surface area contributed by atoms with E-state index in [9.17, 15) is 4.79 Å². The van der Waals surface area contributed by atoms with Crippen LogP contribution in [-0.4, -0.2) is 37.4 Å². The van der Waals surface area contributed by atoms with Crippen molar-refractivity contribution >= 4 is 24.9 Å². The van der Waals surface area contributed by atoms with Gasteiger partial charge in [0.05, 0.1) is 18.0 Å². The van der Waals surface area contributed by atoms with Gasteiger partial charge in [-0.15, -0.1) is 12.6 Å². The molecule has 0 fully saturated rings. The van der Waals surface area contributed by atoms with Gasteiger partial charge in [0.2, 0.25) is 0 Å². The van der Waals surface area contributed by atoms with E-state index < -0.39 is 0 Å². The Hall–Kier alpha value is -0.970. The van der Waals surface area contributed by atoms with Gasteiger partial charge in [-0.1, -0.05) is 6.58 Å². The van der Waals surface area contributed by atoms with Crippen LogP contribution in [0.2, 0.25) is 0 Å². The van der Waals surface area contributed by atoms with Gasteiger partial charge in [-0.3, -0.25) is 4.79 Å². The van der Waals surface area contributed by atoms with Crippen LogP contribution in [0.15, 0.2) is 16.6 Å². The normalized spacial score (nSPS) is 10.1. The number of carbonyl (C=O) groups is 1. The molecule has 5 heteroatoms. The third-order valence-corrected chi connectivity index (χ3v) is 1.20. The molecule has 0 aromatic rings. The summed E-state index contributed by atoms with van der Waals surface area (Å²) in [6, 6.07) is 0. The molecule has 4 nitrogen and oxygen atoms in total. The van der Waals surface area contributed by atoms with E-state index in [2.05, 4.69) is 24.2 Å². The molecule has 0 atom stereocenters. The zero-order valence-corrected chi connectivity index (χ0v) is 8.75. The SMILES string of the molecule is C=C(S)N=CN(C)CC(=O)OCC. The molecule has 0 bridgehead atoms. The van der Waals surface area contributed by atoms with Gasteiger partial charge in [-0.05, 0) is 6.92 Å². The Morgan fingerprint density at radius 3 is 2.85 bits per heavy atom. The van der Waals surface area contributed by atoms with E-state index in [1.54, 1.807) is 18.9 Å². The number of ether oxygens (including phenoxy) is 1. The molecule has 0 saturated carbocycles. The predicted octanol–water partition coefficient (Wildman–Crippen LogP) is 0.911. The minimum atomic E-state index is -0.277. The molecule has 0 aromatic heterocycles. The van der Waals surface area contributed by atoms with Crippen LogP contribution in [0.5, 0.6) is 0 Å². The second-order valence-electron chi connectivity index (χ2n) is 2.38. The number of carbonyl (C=O) groups excluding carboxylic acids is 1. The molecular weight excluding hydrogens is 188 g/mol. The van der Waals surface area contributed by atoms with Gasteiger partial charge in [0.1, 0.15) is 6.54 Å². The summed E-state index contributed by atoms with van der Waals surface area (Å²) in [5.74, 6) is -0.277. The standard InChI is InChI=1S/C8H14N2O2S/c1-4-12-8(11)5-10(3)6-9-7(2)13/h6,13H,2,4-5H2,1,3H3. The largest absolute Gasteiger partial charge is 0.465 e. The van der Waals surface area contributed by atoms with Crippen molar-refractivity contribution < 1.29 is 9.53 Å². The monoisotopic (exact) mass is 202 g/mol. The van der Waals surface area contributed by atoms with Crippen LogP contribution in [-0.2, 0) is 9.53 Å². The lowest BCUT2D eigenvalue weighted by Crippen LogP contribution is -2.26. The Kier molecular flexibility index (Phi) is 6.05. The molecule has 0 N–H and O–H groups in total. The maximum Gasteiger partial charge on any atom is 0.325 e. The summed E-state index contributed by atoms with van der Waals surface area (Å²) in [5, 5.41) is 0.399. The van der Waals surface area contributed by atoms with Gasteiger partial charge in [0.25, 0.3) is 0 Å². The smallest absolute Gasteiger partial charge is 0.325 e. The summed E-state index contributed by atoms with van der Waals surface area (Å²) < 4.78 is 4.74. The van der Waals surface area contributed by atoms with Crippen molar-refractivity contribution in [3.05, 3.63) is 11.6 Å². The minimum Gasteiger partial charge on any atom is -0.465 e. The third kappa shape index (κ3) is 7.39. The topological polar surface area (TPSA) is 41.9 Å². The summed E-state index contributed by atoms with van der Waals surface area (Å²) in [7, 11) is 1.72. The summed E-state index contributed by atoms with van der Waals surface area (Å²) in [6.45, 7) is 5.80. The summed E-state index contributed by atoms with van der Waals surface area (Å²) in [5.41, 5.74) is 0. The Labute approximate surface area is 83.7 Å². The lowest BCUT2D eigenvalue weighted by molar-refractivity contribution is -0.143. The maximum absolute atomic E-state index is 10.9. The van der Waals surface area contributed by atoms with Crippen LogP contribution in [0.4, 0.5) is 0 Å². The molecule has 0 aliphatic heterocycles. The Balaban J connectivity index is 3.79. The average Bonchev–Trinajstić information content (AvgIpc) is 2.01. The van der Waals surface area contributed by atoms with Crippen molar-refractivity contribution in [3.63, 3.8) is 0 Å². The highest BCUT2D eigenvalue weighted by molar-refractivity contribution is 7.84. The minimum absolute atomic E-state index is 0.179.